The van der Waals surface area contributed by atoms with Crippen LogP contribution in [0.25, 0.3) is 0 Å². The quantitative estimate of drug-likeness (QED) is 0.611. The molecule has 0 radical (unpaired) electrons. The van der Waals surface area contributed by atoms with E-state index in [9.17, 15) is 5.11 Å². The Kier molecular flexibility index (Phi) is 6.85. The summed E-state index contributed by atoms with van der Waals surface area (Å²) < 4.78 is 12.6. The summed E-state index contributed by atoms with van der Waals surface area (Å²) in [6.07, 6.45) is 14.6. The van der Waals surface area contributed by atoms with Gasteiger partial charge in [0.1, 0.15) is 0 Å². The first-order valence-corrected chi connectivity index (χ1v) is 12.2. The fourth-order valence-electron chi connectivity index (χ4n) is 6.69. The van der Waals surface area contributed by atoms with Crippen molar-refractivity contribution in [2.75, 3.05) is 6.61 Å². The fourth-order valence-corrected chi connectivity index (χ4v) is 6.69. The number of hydrogen-bond donors (Lipinski definition) is 1. The Morgan fingerprint density at radius 2 is 1.96 bits per heavy atom. The molecule has 0 bridgehead atoms. The highest BCUT2D eigenvalue weighted by molar-refractivity contribution is 5.05. The van der Waals surface area contributed by atoms with Gasteiger partial charge < -0.3 is 14.6 Å². The third-order valence-electron chi connectivity index (χ3n) is 8.53. The zero-order chi connectivity index (χ0) is 19.7. The number of fused-ring (bicyclic) bond motifs is 3. The molecule has 3 aliphatic carbocycles. The molecule has 4 aliphatic rings. The summed E-state index contributed by atoms with van der Waals surface area (Å²) in [6, 6.07) is 0. The van der Waals surface area contributed by atoms with Crippen LogP contribution in [0.15, 0.2) is 11.6 Å². The second-order valence-corrected chi connectivity index (χ2v) is 10.6. The summed E-state index contributed by atoms with van der Waals surface area (Å²) in [5.74, 6) is 3.70. The molecular formula is C25H42O3. The molecule has 2 saturated carbocycles. The monoisotopic (exact) mass is 390 g/mol. The lowest BCUT2D eigenvalue weighted by Gasteiger charge is -2.53. The van der Waals surface area contributed by atoms with Crippen LogP contribution in [0, 0.1) is 35.5 Å². The van der Waals surface area contributed by atoms with Crippen LogP contribution >= 0.6 is 0 Å². The van der Waals surface area contributed by atoms with Crippen LogP contribution in [0.2, 0.25) is 0 Å². The number of aliphatic hydroxyl groups is 1. The van der Waals surface area contributed by atoms with Crippen molar-refractivity contribution in [2.45, 2.75) is 103 Å². The minimum absolute atomic E-state index is 0.196. The second-order valence-electron chi connectivity index (χ2n) is 10.6. The van der Waals surface area contributed by atoms with Gasteiger partial charge in [-0.3, -0.25) is 0 Å². The van der Waals surface area contributed by atoms with E-state index in [0.717, 1.165) is 31.8 Å². The molecule has 0 aromatic heterocycles. The molecule has 3 heteroatoms. The number of aliphatic hydroxyl groups excluding tert-OH is 1. The van der Waals surface area contributed by atoms with Crippen molar-refractivity contribution < 1.29 is 14.6 Å². The number of hydrogen-bond acceptors (Lipinski definition) is 3. The van der Waals surface area contributed by atoms with Gasteiger partial charge >= 0.3 is 0 Å². The Morgan fingerprint density at radius 1 is 1.11 bits per heavy atom. The van der Waals surface area contributed by atoms with Crippen molar-refractivity contribution in [3.8, 4) is 0 Å². The summed E-state index contributed by atoms with van der Waals surface area (Å²) in [4.78, 5) is 0. The summed E-state index contributed by atoms with van der Waals surface area (Å²) >= 11 is 0. The number of rotatable bonds is 5. The lowest BCUT2D eigenvalue weighted by Crippen LogP contribution is -2.54. The standard InChI is InChI=1S/C25H42O3/c1-16(2)19-9-10-20-21-13-17(3)23(15-24(21)28-25(26)22(20)14-19)27-12-11-18-7-5-4-6-8-18/h7,16-17,19-26H,4-6,8-15H2,1-3H3/t17-,19?,20?,21?,22?,23?,24?,25?/m0/s1. The predicted octanol–water partition coefficient (Wildman–Crippen LogP) is 5.71. The molecule has 3 fully saturated rings. The lowest BCUT2D eigenvalue weighted by molar-refractivity contribution is -0.265. The van der Waals surface area contributed by atoms with E-state index < -0.39 is 6.29 Å². The van der Waals surface area contributed by atoms with Gasteiger partial charge in [-0.05, 0) is 87.4 Å². The molecule has 4 rings (SSSR count). The summed E-state index contributed by atoms with van der Waals surface area (Å²) in [5.41, 5.74) is 1.60. The molecular weight excluding hydrogens is 348 g/mol. The van der Waals surface area contributed by atoms with Crippen LogP contribution in [0.3, 0.4) is 0 Å². The average molecular weight is 391 g/mol. The van der Waals surface area contributed by atoms with Crippen molar-refractivity contribution >= 4 is 0 Å². The van der Waals surface area contributed by atoms with Gasteiger partial charge in [0.15, 0.2) is 6.29 Å². The van der Waals surface area contributed by atoms with E-state index >= 15 is 0 Å². The molecule has 0 amide bonds. The SMILES string of the molecule is CC(C)C1CCC2C(C1)C(O)OC1CC(OCCC3=CCCCC3)[C@@H](C)CC12. The molecule has 1 heterocycles. The predicted molar refractivity (Wildman–Crippen MR) is 113 cm³/mol. The molecule has 160 valence electrons. The van der Waals surface area contributed by atoms with Crippen LogP contribution in [0.1, 0.15) is 85.0 Å². The zero-order valence-corrected chi connectivity index (χ0v) is 18.3. The van der Waals surface area contributed by atoms with Gasteiger partial charge in [0, 0.05) is 12.3 Å². The van der Waals surface area contributed by atoms with Crippen molar-refractivity contribution in [3.05, 3.63) is 11.6 Å². The van der Waals surface area contributed by atoms with Crippen molar-refractivity contribution in [1.29, 1.82) is 0 Å². The van der Waals surface area contributed by atoms with Crippen LogP contribution in [0.5, 0.6) is 0 Å². The molecule has 8 atom stereocenters. The van der Waals surface area contributed by atoms with E-state index in [2.05, 4.69) is 26.8 Å². The van der Waals surface area contributed by atoms with E-state index in [1.807, 2.05) is 0 Å². The van der Waals surface area contributed by atoms with Crippen LogP contribution in [-0.2, 0) is 9.47 Å². The van der Waals surface area contributed by atoms with Crippen molar-refractivity contribution in [3.63, 3.8) is 0 Å². The van der Waals surface area contributed by atoms with Crippen molar-refractivity contribution in [1.82, 2.24) is 0 Å². The summed E-state index contributed by atoms with van der Waals surface area (Å²) in [6.45, 7) is 7.89. The highest BCUT2D eigenvalue weighted by Gasteiger charge is 2.51. The molecule has 3 nitrogen and oxygen atoms in total. The minimum Gasteiger partial charge on any atom is -0.378 e. The highest BCUT2D eigenvalue weighted by atomic mass is 16.6. The second kappa shape index (κ2) is 9.18. The normalized spacial score (nSPS) is 44.0. The van der Waals surface area contributed by atoms with E-state index in [4.69, 9.17) is 9.47 Å². The Labute approximate surface area is 172 Å². The topological polar surface area (TPSA) is 38.7 Å². The van der Waals surface area contributed by atoms with Crippen LogP contribution < -0.4 is 0 Å². The molecule has 1 saturated heterocycles. The minimum atomic E-state index is -0.561. The van der Waals surface area contributed by atoms with E-state index in [1.54, 1.807) is 5.57 Å². The highest BCUT2D eigenvalue weighted by Crippen LogP contribution is 2.51. The number of allylic oxidation sites excluding steroid dienone is 1. The first-order chi connectivity index (χ1) is 13.5. The fraction of sp³-hybridized carbons (Fsp3) is 0.920. The van der Waals surface area contributed by atoms with Gasteiger partial charge in [0.2, 0.25) is 0 Å². The summed E-state index contributed by atoms with van der Waals surface area (Å²) in [7, 11) is 0. The van der Waals surface area contributed by atoms with Gasteiger partial charge in [-0.25, -0.2) is 0 Å². The number of ether oxygens (including phenoxy) is 2. The van der Waals surface area contributed by atoms with Crippen LogP contribution in [0.4, 0.5) is 0 Å². The Balaban J connectivity index is 1.32. The largest absolute Gasteiger partial charge is 0.378 e. The van der Waals surface area contributed by atoms with Gasteiger partial charge in [-0.2, -0.15) is 0 Å². The van der Waals surface area contributed by atoms with Gasteiger partial charge in [0.25, 0.3) is 0 Å². The van der Waals surface area contributed by atoms with Crippen molar-refractivity contribution in [2.24, 2.45) is 35.5 Å². The third kappa shape index (κ3) is 4.52. The molecule has 1 N–H and O–H groups in total. The average Bonchev–Trinajstić information content (AvgIpc) is 2.70. The zero-order valence-electron chi connectivity index (χ0n) is 18.3. The van der Waals surface area contributed by atoms with E-state index in [1.165, 1.54) is 44.9 Å². The Hall–Kier alpha value is -0.380. The van der Waals surface area contributed by atoms with E-state index in [-0.39, 0.29) is 6.10 Å². The molecule has 0 aromatic carbocycles. The van der Waals surface area contributed by atoms with Gasteiger partial charge in [-0.15, -0.1) is 0 Å². The first kappa shape index (κ1) is 20.9. The van der Waals surface area contributed by atoms with Crippen LogP contribution in [-0.4, -0.2) is 30.2 Å². The third-order valence-corrected chi connectivity index (χ3v) is 8.53. The maximum Gasteiger partial charge on any atom is 0.158 e. The maximum atomic E-state index is 10.8. The molecule has 1 aliphatic heterocycles. The van der Waals surface area contributed by atoms with Gasteiger partial charge in [0.05, 0.1) is 18.8 Å². The smallest absolute Gasteiger partial charge is 0.158 e. The molecule has 0 aromatic rings. The first-order valence-electron chi connectivity index (χ1n) is 12.2. The van der Waals surface area contributed by atoms with Gasteiger partial charge in [-0.1, -0.05) is 32.4 Å². The maximum absolute atomic E-state index is 10.8. The Morgan fingerprint density at radius 3 is 2.71 bits per heavy atom. The molecule has 0 spiro atoms. The lowest BCUT2D eigenvalue weighted by atomic mass is 9.60. The molecule has 28 heavy (non-hydrogen) atoms. The summed E-state index contributed by atoms with van der Waals surface area (Å²) in [5, 5.41) is 10.8. The van der Waals surface area contributed by atoms with E-state index in [0.29, 0.717) is 35.7 Å². The Bertz CT molecular complexity index is 542. The molecule has 7 unspecified atom stereocenters.